The van der Waals surface area contributed by atoms with E-state index in [0.29, 0.717) is 10.7 Å². The van der Waals surface area contributed by atoms with Gasteiger partial charge in [0.2, 0.25) is 8.32 Å². The predicted octanol–water partition coefficient (Wildman–Crippen LogP) is 3.14. The van der Waals surface area contributed by atoms with E-state index in [1.807, 2.05) is 6.07 Å². The van der Waals surface area contributed by atoms with Crippen molar-refractivity contribution in [2.24, 2.45) is 0 Å². The van der Waals surface area contributed by atoms with Crippen molar-refractivity contribution in [3.05, 3.63) is 23.2 Å². The number of rotatable bonds is 2. The van der Waals surface area contributed by atoms with Crippen LogP contribution in [0.25, 0.3) is 0 Å². The Bertz CT molecular complexity index is 309. The predicted molar refractivity (Wildman–Crippen MR) is 59.8 cm³/mol. The van der Waals surface area contributed by atoms with Crippen LogP contribution in [0.15, 0.2) is 18.2 Å². The Labute approximate surface area is 84.8 Å². The second-order valence-corrected chi connectivity index (χ2v) is 8.73. The SMILES string of the molecule is C[Si](C)(C)Oc1ccc(Cl)c(N)c1. The maximum atomic E-state index is 5.78. The van der Waals surface area contributed by atoms with Crippen molar-refractivity contribution >= 4 is 25.6 Å². The molecule has 0 unspecified atom stereocenters. The van der Waals surface area contributed by atoms with E-state index in [2.05, 4.69) is 19.6 Å². The lowest BCUT2D eigenvalue weighted by atomic mass is 10.3. The molecule has 2 N–H and O–H groups in total. The molecule has 1 aromatic carbocycles. The van der Waals surface area contributed by atoms with Crippen molar-refractivity contribution < 1.29 is 4.43 Å². The summed E-state index contributed by atoms with van der Waals surface area (Å²) in [6.45, 7) is 6.37. The van der Waals surface area contributed by atoms with E-state index in [0.717, 1.165) is 5.75 Å². The number of anilines is 1. The minimum atomic E-state index is -1.54. The summed E-state index contributed by atoms with van der Waals surface area (Å²) >= 11 is 5.78. The van der Waals surface area contributed by atoms with Gasteiger partial charge in [-0.25, -0.2) is 0 Å². The normalized spacial score (nSPS) is 11.4. The third kappa shape index (κ3) is 3.28. The summed E-state index contributed by atoms with van der Waals surface area (Å²) in [6, 6.07) is 5.36. The lowest BCUT2D eigenvalue weighted by molar-refractivity contribution is 0.558. The van der Waals surface area contributed by atoms with Crippen molar-refractivity contribution in [3.8, 4) is 5.75 Å². The number of hydrogen-bond acceptors (Lipinski definition) is 2. The van der Waals surface area contributed by atoms with E-state index in [9.17, 15) is 0 Å². The molecule has 0 fully saturated rings. The Hall–Kier alpha value is -0.673. The van der Waals surface area contributed by atoms with E-state index in [4.69, 9.17) is 21.8 Å². The molecule has 0 bridgehead atoms. The first-order valence-corrected chi connectivity index (χ1v) is 7.91. The first kappa shape index (κ1) is 10.4. The molecular weight excluding hydrogens is 202 g/mol. The van der Waals surface area contributed by atoms with Gasteiger partial charge in [-0.3, -0.25) is 0 Å². The Morgan fingerprint density at radius 1 is 1.31 bits per heavy atom. The summed E-state index contributed by atoms with van der Waals surface area (Å²) in [5.74, 6) is 0.807. The Morgan fingerprint density at radius 2 is 1.92 bits per heavy atom. The Kier molecular flexibility index (Phi) is 2.88. The third-order valence-electron chi connectivity index (χ3n) is 1.39. The fraction of sp³-hybridized carbons (Fsp3) is 0.333. The van der Waals surface area contributed by atoms with Gasteiger partial charge in [-0.2, -0.15) is 0 Å². The van der Waals surface area contributed by atoms with Crippen LogP contribution in [0, 0.1) is 0 Å². The molecule has 0 saturated carbocycles. The zero-order valence-electron chi connectivity index (χ0n) is 8.10. The molecular formula is C9H14ClNOSi. The van der Waals surface area contributed by atoms with Gasteiger partial charge in [-0.1, -0.05) is 11.6 Å². The van der Waals surface area contributed by atoms with Crippen LogP contribution in [0.4, 0.5) is 5.69 Å². The highest BCUT2D eigenvalue weighted by Crippen LogP contribution is 2.25. The lowest BCUT2D eigenvalue weighted by Gasteiger charge is -2.19. The summed E-state index contributed by atoms with van der Waals surface area (Å²) in [5.41, 5.74) is 6.21. The number of hydrogen-bond donors (Lipinski definition) is 1. The molecule has 72 valence electrons. The number of nitrogen functional groups attached to an aromatic ring is 1. The van der Waals surface area contributed by atoms with Gasteiger partial charge in [0.05, 0.1) is 10.7 Å². The molecule has 0 aliphatic carbocycles. The number of nitrogens with two attached hydrogens (primary N) is 1. The fourth-order valence-corrected chi connectivity index (χ4v) is 1.89. The van der Waals surface area contributed by atoms with Gasteiger partial charge in [0, 0.05) is 6.07 Å². The van der Waals surface area contributed by atoms with Crippen LogP contribution in [0.2, 0.25) is 24.7 Å². The van der Waals surface area contributed by atoms with E-state index < -0.39 is 8.32 Å². The molecule has 0 aliphatic heterocycles. The molecule has 1 rings (SSSR count). The monoisotopic (exact) mass is 215 g/mol. The molecule has 2 nitrogen and oxygen atoms in total. The molecule has 0 aromatic heterocycles. The average molecular weight is 216 g/mol. The van der Waals surface area contributed by atoms with Gasteiger partial charge in [0.1, 0.15) is 5.75 Å². The van der Waals surface area contributed by atoms with E-state index in [1.165, 1.54) is 0 Å². The Balaban J connectivity index is 2.86. The summed E-state index contributed by atoms with van der Waals surface area (Å²) < 4.78 is 5.74. The molecule has 0 atom stereocenters. The van der Waals surface area contributed by atoms with Gasteiger partial charge in [0.15, 0.2) is 0 Å². The highest BCUT2D eigenvalue weighted by atomic mass is 35.5. The molecule has 0 amide bonds. The first-order chi connectivity index (χ1) is 5.88. The summed E-state index contributed by atoms with van der Waals surface area (Å²) in [6.07, 6.45) is 0. The summed E-state index contributed by atoms with van der Waals surface area (Å²) in [7, 11) is -1.54. The van der Waals surface area contributed by atoms with Crippen LogP contribution in [0.3, 0.4) is 0 Å². The van der Waals surface area contributed by atoms with Crippen molar-refractivity contribution in [2.75, 3.05) is 5.73 Å². The van der Waals surface area contributed by atoms with Crippen molar-refractivity contribution in [2.45, 2.75) is 19.6 Å². The standard InChI is InChI=1S/C9H14ClNOSi/c1-13(2,3)12-7-4-5-8(10)9(11)6-7/h4-6H,11H2,1-3H3. The van der Waals surface area contributed by atoms with E-state index in [-0.39, 0.29) is 0 Å². The second kappa shape index (κ2) is 3.60. The van der Waals surface area contributed by atoms with Crippen molar-refractivity contribution in [3.63, 3.8) is 0 Å². The highest BCUT2D eigenvalue weighted by Gasteiger charge is 2.16. The zero-order chi connectivity index (χ0) is 10.1. The van der Waals surface area contributed by atoms with Gasteiger partial charge in [0.25, 0.3) is 0 Å². The molecule has 13 heavy (non-hydrogen) atoms. The molecule has 0 saturated heterocycles. The van der Waals surface area contributed by atoms with E-state index >= 15 is 0 Å². The fourth-order valence-electron chi connectivity index (χ4n) is 0.939. The minimum absolute atomic E-state index is 0.567. The third-order valence-corrected chi connectivity index (χ3v) is 2.58. The van der Waals surface area contributed by atoms with Crippen LogP contribution in [-0.2, 0) is 0 Å². The summed E-state index contributed by atoms with van der Waals surface area (Å²) in [4.78, 5) is 0. The van der Waals surface area contributed by atoms with Crippen LogP contribution in [0.1, 0.15) is 0 Å². The van der Waals surface area contributed by atoms with E-state index in [1.54, 1.807) is 12.1 Å². The van der Waals surface area contributed by atoms with Crippen LogP contribution < -0.4 is 10.2 Å². The highest BCUT2D eigenvalue weighted by molar-refractivity contribution is 6.70. The van der Waals surface area contributed by atoms with Crippen LogP contribution in [0.5, 0.6) is 5.75 Å². The first-order valence-electron chi connectivity index (χ1n) is 4.12. The molecule has 4 heteroatoms. The molecule has 0 aliphatic rings. The smallest absolute Gasteiger partial charge is 0.242 e. The summed E-state index contributed by atoms with van der Waals surface area (Å²) in [5, 5.41) is 0.572. The maximum absolute atomic E-state index is 5.78. The van der Waals surface area contributed by atoms with Gasteiger partial charge >= 0.3 is 0 Å². The van der Waals surface area contributed by atoms with Crippen LogP contribution in [-0.4, -0.2) is 8.32 Å². The molecule has 0 spiro atoms. The minimum Gasteiger partial charge on any atom is -0.544 e. The average Bonchev–Trinajstić information content (AvgIpc) is 1.94. The van der Waals surface area contributed by atoms with Crippen molar-refractivity contribution in [1.29, 1.82) is 0 Å². The maximum Gasteiger partial charge on any atom is 0.242 e. The second-order valence-electron chi connectivity index (χ2n) is 3.90. The van der Waals surface area contributed by atoms with Gasteiger partial charge < -0.3 is 10.2 Å². The number of halogens is 1. The van der Waals surface area contributed by atoms with Crippen molar-refractivity contribution in [1.82, 2.24) is 0 Å². The lowest BCUT2D eigenvalue weighted by Crippen LogP contribution is -2.29. The molecule has 1 aromatic rings. The molecule has 0 radical (unpaired) electrons. The zero-order valence-corrected chi connectivity index (χ0v) is 9.85. The van der Waals surface area contributed by atoms with Gasteiger partial charge in [-0.05, 0) is 31.8 Å². The topological polar surface area (TPSA) is 35.2 Å². The van der Waals surface area contributed by atoms with Gasteiger partial charge in [-0.15, -0.1) is 0 Å². The van der Waals surface area contributed by atoms with Crippen LogP contribution >= 0.6 is 11.6 Å². The molecule has 0 heterocycles. The largest absolute Gasteiger partial charge is 0.544 e. The Morgan fingerprint density at radius 3 is 2.38 bits per heavy atom. The number of benzene rings is 1. The quantitative estimate of drug-likeness (QED) is 0.608.